The first-order valence-corrected chi connectivity index (χ1v) is 15.3. The van der Waals surface area contributed by atoms with Gasteiger partial charge in [-0.3, -0.25) is 13.9 Å². The highest BCUT2D eigenvalue weighted by molar-refractivity contribution is 7.92. The van der Waals surface area contributed by atoms with E-state index in [0.29, 0.717) is 17.1 Å². The number of amides is 2. The summed E-state index contributed by atoms with van der Waals surface area (Å²) in [6.45, 7) is 9.23. The van der Waals surface area contributed by atoms with E-state index in [1.165, 1.54) is 29.2 Å². The van der Waals surface area contributed by atoms with Crippen LogP contribution in [0.1, 0.15) is 50.3 Å². The van der Waals surface area contributed by atoms with Gasteiger partial charge in [-0.05, 0) is 86.7 Å². The topological polar surface area (TPSA) is 86.8 Å². The molecule has 3 aromatic carbocycles. The van der Waals surface area contributed by atoms with Crippen molar-refractivity contribution >= 4 is 39.1 Å². The number of benzene rings is 3. The Bertz CT molecular complexity index is 1430. The Morgan fingerprint density at radius 2 is 1.60 bits per heavy atom. The Hall–Kier alpha value is -3.36. The van der Waals surface area contributed by atoms with Crippen molar-refractivity contribution in [3.63, 3.8) is 0 Å². The maximum Gasteiger partial charge on any atom is 0.264 e. The molecule has 2 amide bonds. The number of sulfonamides is 1. The Kier molecular flexibility index (Phi) is 10.8. The van der Waals surface area contributed by atoms with E-state index < -0.39 is 28.5 Å². The number of carbonyl (C=O) groups is 2. The van der Waals surface area contributed by atoms with Gasteiger partial charge in [-0.15, -0.1) is 0 Å². The number of halogens is 1. The van der Waals surface area contributed by atoms with Crippen LogP contribution in [0.4, 0.5) is 5.69 Å². The third-order valence-corrected chi connectivity index (χ3v) is 9.00. The van der Waals surface area contributed by atoms with Crippen molar-refractivity contribution in [2.45, 2.75) is 71.0 Å². The molecule has 0 unspecified atom stereocenters. The van der Waals surface area contributed by atoms with Crippen LogP contribution in [0.2, 0.25) is 5.02 Å². The van der Waals surface area contributed by atoms with Gasteiger partial charge in [0.1, 0.15) is 12.6 Å². The van der Waals surface area contributed by atoms with Gasteiger partial charge < -0.3 is 10.2 Å². The number of rotatable bonds is 12. The van der Waals surface area contributed by atoms with Crippen molar-refractivity contribution in [1.29, 1.82) is 0 Å². The SMILES string of the molecule is CC[C@@H](C)NC(=O)[C@@H](CC)N(Cc1ccccc1C)C(=O)CN(c1cccc(C)c1)S(=O)(=O)c1ccc(Cl)cc1. The molecule has 0 heterocycles. The molecule has 7 nitrogen and oxygen atoms in total. The Morgan fingerprint density at radius 3 is 2.20 bits per heavy atom. The van der Waals surface area contributed by atoms with E-state index in [-0.39, 0.29) is 23.4 Å². The van der Waals surface area contributed by atoms with Crippen molar-refractivity contribution in [2.75, 3.05) is 10.8 Å². The van der Waals surface area contributed by atoms with Crippen LogP contribution < -0.4 is 9.62 Å². The van der Waals surface area contributed by atoms with E-state index in [2.05, 4.69) is 5.32 Å². The number of hydrogen-bond donors (Lipinski definition) is 1. The van der Waals surface area contributed by atoms with Gasteiger partial charge in [0.25, 0.3) is 10.0 Å². The minimum Gasteiger partial charge on any atom is -0.352 e. The zero-order chi connectivity index (χ0) is 29.4. The molecular formula is C31H38ClN3O4S. The van der Waals surface area contributed by atoms with E-state index in [1.807, 2.05) is 65.0 Å². The van der Waals surface area contributed by atoms with Crippen LogP contribution in [-0.2, 0) is 26.2 Å². The summed E-state index contributed by atoms with van der Waals surface area (Å²) in [5, 5.41) is 3.40. The van der Waals surface area contributed by atoms with Gasteiger partial charge in [0, 0.05) is 17.6 Å². The number of aryl methyl sites for hydroxylation is 2. The maximum absolute atomic E-state index is 14.1. The van der Waals surface area contributed by atoms with Gasteiger partial charge in [-0.25, -0.2) is 8.42 Å². The van der Waals surface area contributed by atoms with Crippen LogP contribution >= 0.6 is 11.6 Å². The molecule has 1 N–H and O–H groups in total. The van der Waals surface area contributed by atoms with E-state index in [4.69, 9.17) is 11.6 Å². The average molecular weight is 584 g/mol. The van der Waals surface area contributed by atoms with E-state index >= 15 is 0 Å². The maximum atomic E-state index is 14.1. The lowest BCUT2D eigenvalue weighted by Crippen LogP contribution is -2.53. The second kappa shape index (κ2) is 13.8. The summed E-state index contributed by atoms with van der Waals surface area (Å²) >= 11 is 6.01. The number of nitrogens with zero attached hydrogens (tertiary/aromatic N) is 2. The first kappa shape index (κ1) is 31.2. The van der Waals surface area contributed by atoms with Gasteiger partial charge in [-0.2, -0.15) is 0 Å². The first-order valence-electron chi connectivity index (χ1n) is 13.5. The van der Waals surface area contributed by atoms with Gasteiger partial charge in [0.05, 0.1) is 10.6 Å². The summed E-state index contributed by atoms with van der Waals surface area (Å²) in [6, 6.07) is 19.6. The van der Waals surface area contributed by atoms with Crippen LogP contribution in [0.25, 0.3) is 0 Å². The van der Waals surface area contributed by atoms with Crippen molar-refractivity contribution < 1.29 is 18.0 Å². The third kappa shape index (κ3) is 7.64. The summed E-state index contributed by atoms with van der Waals surface area (Å²) in [7, 11) is -4.15. The van der Waals surface area contributed by atoms with Gasteiger partial charge >= 0.3 is 0 Å². The van der Waals surface area contributed by atoms with Crippen LogP contribution in [0, 0.1) is 13.8 Å². The molecule has 0 saturated heterocycles. The largest absolute Gasteiger partial charge is 0.352 e. The first-order chi connectivity index (χ1) is 19.0. The smallest absolute Gasteiger partial charge is 0.264 e. The second-order valence-corrected chi connectivity index (χ2v) is 12.3. The minimum absolute atomic E-state index is 0.0122. The fourth-order valence-electron chi connectivity index (χ4n) is 4.38. The Labute approximate surface area is 243 Å². The van der Waals surface area contributed by atoms with E-state index in [0.717, 1.165) is 27.4 Å². The second-order valence-electron chi connectivity index (χ2n) is 9.99. The molecule has 2 atom stereocenters. The highest BCUT2D eigenvalue weighted by Gasteiger charge is 2.34. The number of hydrogen-bond acceptors (Lipinski definition) is 4. The molecule has 0 aliphatic heterocycles. The molecule has 40 heavy (non-hydrogen) atoms. The molecule has 0 aromatic heterocycles. The van der Waals surface area contributed by atoms with Crippen molar-refractivity contribution in [2.24, 2.45) is 0 Å². The summed E-state index contributed by atoms with van der Waals surface area (Å²) < 4.78 is 28.9. The number of carbonyl (C=O) groups excluding carboxylic acids is 2. The van der Waals surface area contributed by atoms with Crippen LogP contribution in [-0.4, -0.2) is 43.8 Å². The van der Waals surface area contributed by atoms with Crippen LogP contribution in [0.5, 0.6) is 0 Å². The summed E-state index contributed by atoms with van der Waals surface area (Å²) in [5.41, 5.74) is 3.06. The van der Waals surface area contributed by atoms with Gasteiger partial charge in [0.15, 0.2) is 0 Å². The summed E-state index contributed by atoms with van der Waals surface area (Å²) in [5.74, 6) is -0.741. The fourth-order valence-corrected chi connectivity index (χ4v) is 5.91. The van der Waals surface area contributed by atoms with Crippen molar-refractivity contribution in [3.05, 3.63) is 94.5 Å². The normalized spacial score (nSPS) is 12.8. The average Bonchev–Trinajstić information content (AvgIpc) is 2.92. The predicted octanol–water partition coefficient (Wildman–Crippen LogP) is 5.87. The molecule has 0 fully saturated rings. The molecule has 0 saturated carbocycles. The molecule has 0 spiro atoms. The van der Waals surface area contributed by atoms with Crippen molar-refractivity contribution in [1.82, 2.24) is 10.2 Å². The Morgan fingerprint density at radius 1 is 0.925 bits per heavy atom. The lowest BCUT2D eigenvalue weighted by molar-refractivity contribution is -0.140. The zero-order valence-electron chi connectivity index (χ0n) is 23.7. The van der Waals surface area contributed by atoms with Gasteiger partial charge in [-0.1, -0.05) is 61.8 Å². The molecule has 0 bridgehead atoms. The fraction of sp³-hybridized carbons (Fsp3) is 0.355. The molecule has 3 aromatic rings. The molecule has 0 aliphatic rings. The number of anilines is 1. The van der Waals surface area contributed by atoms with Gasteiger partial charge in [0.2, 0.25) is 11.8 Å². The lowest BCUT2D eigenvalue weighted by atomic mass is 10.1. The van der Waals surface area contributed by atoms with E-state index in [1.54, 1.807) is 18.2 Å². The highest BCUT2D eigenvalue weighted by Crippen LogP contribution is 2.26. The summed E-state index contributed by atoms with van der Waals surface area (Å²) in [6.07, 6.45) is 1.11. The highest BCUT2D eigenvalue weighted by atomic mass is 35.5. The van der Waals surface area contributed by atoms with Crippen LogP contribution in [0.3, 0.4) is 0 Å². The third-order valence-electron chi connectivity index (χ3n) is 6.96. The monoisotopic (exact) mass is 583 g/mol. The van der Waals surface area contributed by atoms with E-state index in [9.17, 15) is 18.0 Å². The minimum atomic E-state index is -4.15. The molecule has 0 aliphatic carbocycles. The number of nitrogens with one attached hydrogen (secondary N) is 1. The molecule has 3 rings (SSSR count). The lowest BCUT2D eigenvalue weighted by Gasteiger charge is -2.34. The quantitative estimate of drug-likeness (QED) is 0.289. The van der Waals surface area contributed by atoms with Crippen molar-refractivity contribution in [3.8, 4) is 0 Å². The standard InChI is InChI=1S/C31H38ClN3O4S/c1-6-24(5)33-31(37)29(7-2)34(20-25-13-9-8-12-23(25)4)30(36)21-35(27-14-10-11-22(3)19-27)40(38,39)28-17-15-26(32)16-18-28/h8-19,24,29H,6-7,20-21H2,1-5H3,(H,33,37)/t24-,29-/m1/s1. The molecule has 0 radical (unpaired) electrons. The molecular weight excluding hydrogens is 546 g/mol. The van der Waals surface area contributed by atoms with Crippen LogP contribution in [0.15, 0.2) is 77.7 Å². The Balaban J connectivity index is 2.07. The molecule has 214 valence electrons. The summed E-state index contributed by atoms with van der Waals surface area (Å²) in [4.78, 5) is 29.0. The zero-order valence-corrected chi connectivity index (χ0v) is 25.3. The molecule has 9 heteroatoms. The predicted molar refractivity (Wildman–Crippen MR) is 161 cm³/mol.